The highest BCUT2D eigenvalue weighted by molar-refractivity contribution is 5.84. The van der Waals surface area contributed by atoms with Crippen molar-refractivity contribution in [3.8, 4) is 5.75 Å². The van der Waals surface area contributed by atoms with Crippen LogP contribution < -0.4 is 4.89 Å². The maximum atomic E-state index is 8.11. The molecule has 0 aliphatic rings. The third-order valence-electron chi connectivity index (χ3n) is 2.10. The van der Waals surface area contributed by atoms with Gasteiger partial charge in [-0.05, 0) is 34.9 Å². The minimum absolute atomic E-state index is 0.476. The van der Waals surface area contributed by atoms with E-state index in [0.717, 1.165) is 10.8 Å². The number of hydrogen-bond donors (Lipinski definition) is 1. The molecular weight excluding hydrogens is 180 g/mol. The second kappa shape index (κ2) is 3.65. The molecule has 0 atom stereocenters. The SMILES string of the molecule is Cc1ccc2cc(OOO)ccc2c1. The summed E-state index contributed by atoms with van der Waals surface area (Å²) < 4.78 is 0. The molecule has 72 valence electrons. The molecule has 0 bridgehead atoms. The van der Waals surface area contributed by atoms with E-state index in [1.807, 2.05) is 25.1 Å². The fraction of sp³-hybridized carbons (Fsp3) is 0.0909. The predicted molar refractivity (Wildman–Crippen MR) is 53.0 cm³/mol. The van der Waals surface area contributed by atoms with E-state index in [4.69, 9.17) is 5.26 Å². The molecule has 0 spiro atoms. The quantitative estimate of drug-likeness (QED) is 0.584. The first kappa shape index (κ1) is 8.99. The first-order valence-electron chi connectivity index (χ1n) is 4.28. The highest BCUT2D eigenvalue weighted by Gasteiger charge is 1.98. The van der Waals surface area contributed by atoms with Gasteiger partial charge in [0.05, 0.1) is 0 Å². The van der Waals surface area contributed by atoms with Gasteiger partial charge in [-0.3, -0.25) is 0 Å². The molecule has 0 saturated carbocycles. The van der Waals surface area contributed by atoms with Gasteiger partial charge in [0.25, 0.3) is 0 Å². The van der Waals surface area contributed by atoms with E-state index >= 15 is 0 Å². The summed E-state index contributed by atoms with van der Waals surface area (Å²) in [6, 6.07) is 11.5. The zero-order valence-electron chi connectivity index (χ0n) is 7.73. The van der Waals surface area contributed by atoms with Crippen LogP contribution in [0.2, 0.25) is 0 Å². The Morgan fingerprint density at radius 1 is 1.00 bits per heavy atom. The van der Waals surface area contributed by atoms with Crippen LogP contribution in [0.1, 0.15) is 5.56 Å². The monoisotopic (exact) mass is 190 g/mol. The fourth-order valence-corrected chi connectivity index (χ4v) is 1.44. The maximum Gasteiger partial charge on any atom is 0.169 e. The minimum atomic E-state index is 0.476. The van der Waals surface area contributed by atoms with Crippen molar-refractivity contribution >= 4 is 10.8 Å². The molecule has 0 aromatic heterocycles. The lowest BCUT2D eigenvalue weighted by Crippen LogP contribution is -1.90. The molecule has 0 radical (unpaired) electrons. The second-order valence-electron chi connectivity index (χ2n) is 3.17. The number of aryl methyl sites for hydroxylation is 1. The van der Waals surface area contributed by atoms with Crippen molar-refractivity contribution in [2.24, 2.45) is 0 Å². The Hall–Kier alpha value is -1.58. The van der Waals surface area contributed by atoms with Gasteiger partial charge in [0, 0.05) is 0 Å². The van der Waals surface area contributed by atoms with Gasteiger partial charge in [-0.2, -0.15) is 0 Å². The second-order valence-corrected chi connectivity index (χ2v) is 3.17. The van der Waals surface area contributed by atoms with Gasteiger partial charge < -0.3 is 4.89 Å². The van der Waals surface area contributed by atoms with Gasteiger partial charge in [0.2, 0.25) is 0 Å². The first-order valence-corrected chi connectivity index (χ1v) is 4.28. The van der Waals surface area contributed by atoms with Crippen LogP contribution >= 0.6 is 0 Å². The molecule has 0 aliphatic carbocycles. The third kappa shape index (κ3) is 1.69. The molecule has 3 nitrogen and oxygen atoms in total. The zero-order valence-corrected chi connectivity index (χ0v) is 7.73. The summed E-state index contributed by atoms with van der Waals surface area (Å²) in [4.78, 5) is 4.50. The van der Waals surface area contributed by atoms with Gasteiger partial charge in [-0.1, -0.05) is 29.8 Å². The molecule has 2 aromatic carbocycles. The number of fused-ring (bicyclic) bond motifs is 1. The van der Waals surface area contributed by atoms with Crippen molar-refractivity contribution in [3.05, 3.63) is 42.0 Å². The van der Waals surface area contributed by atoms with Crippen LogP contribution in [-0.4, -0.2) is 5.26 Å². The van der Waals surface area contributed by atoms with Crippen molar-refractivity contribution < 1.29 is 15.2 Å². The Labute approximate surface area is 81.4 Å². The van der Waals surface area contributed by atoms with Crippen molar-refractivity contribution in [2.75, 3.05) is 0 Å². The molecule has 2 rings (SSSR count). The number of rotatable bonds is 2. The Kier molecular flexibility index (Phi) is 2.35. The fourth-order valence-electron chi connectivity index (χ4n) is 1.44. The molecule has 0 amide bonds. The third-order valence-corrected chi connectivity index (χ3v) is 2.10. The van der Waals surface area contributed by atoms with E-state index in [1.165, 1.54) is 5.56 Å². The standard InChI is InChI=1S/C11H10O3/c1-8-2-3-10-7-11(13-14-12)5-4-9(10)6-8/h2-7,12H,1H3. The number of hydrogen-bond acceptors (Lipinski definition) is 3. The van der Waals surface area contributed by atoms with E-state index in [9.17, 15) is 0 Å². The van der Waals surface area contributed by atoms with Gasteiger partial charge in [-0.25, -0.2) is 5.26 Å². The normalized spacial score (nSPS) is 10.4. The van der Waals surface area contributed by atoms with E-state index in [1.54, 1.807) is 12.1 Å². The Morgan fingerprint density at radius 3 is 2.50 bits per heavy atom. The van der Waals surface area contributed by atoms with E-state index in [-0.39, 0.29) is 0 Å². The summed E-state index contributed by atoms with van der Waals surface area (Å²) in [5.41, 5.74) is 1.21. The number of benzene rings is 2. The summed E-state index contributed by atoms with van der Waals surface area (Å²) in [5.74, 6) is 0.476. The van der Waals surface area contributed by atoms with Crippen LogP contribution in [0.4, 0.5) is 0 Å². The van der Waals surface area contributed by atoms with E-state index < -0.39 is 0 Å². The topological polar surface area (TPSA) is 38.7 Å². The summed E-state index contributed by atoms with van der Waals surface area (Å²) >= 11 is 0. The minimum Gasteiger partial charge on any atom is -0.308 e. The predicted octanol–water partition coefficient (Wildman–Crippen LogP) is 2.93. The van der Waals surface area contributed by atoms with Gasteiger partial charge in [-0.15, -0.1) is 0 Å². The maximum absolute atomic E-state index is 8.11. The highest BCUT2D eigenvalue weighted by atomic mass is 17.5. The molecule has 0 aliphatic heterocycles. The average Bonchev–Trinajstić information content (AvgIpc) is 2.19. The molecule has 0 saturated heterocycles. The summed E-state index contributed by atoms with van der Waals surface area (Å²) in [5, 5.41) is 13.9. The van der Waals surface area contributed by atoms with Crippen LogP contribution in [0.5, 0.6) is 5.75 Å². The van der Waals surface area contributed by atoms with Crippen LogP contribution in [0, 0.1) is 6.92 Å². The Bertz CT molecular complexity index is 451. The lowest BCUT2D eigenvalue weighted by atomic mass is 10.1. The largest absolute Gasteiger partial charge is 0.308 e. The van der Waals surface area contributed by atoms with Crippen LogP contribution in [0.15, 0.2) is 36.4 Å². The average molecular weight is 190 g/mol. The molecule has 0 fully saturated rings. The Morgan fingerprint density at radius 2 is 1.71 bits per heavy atom. The van der Waals surface area contributed by atoms with Gasteiger partial charge >= 0.3 is 0 Å². The molecule has 3 heteroatoms. The molecule has 0 heterocycles. The summed E-state index contributed by atoms with van der Waals surface area (Å²) in [6.45, 7) is 2.04. The van der Waals surface area contributed by atoms with E-state index in [0.29, 0.717) is 5.75 Å². The van der Waals surface area contributed by atoms with Crippen molar-refractivity contribution in [3.63, 3.8) is 0 Å². The Balaban J connectivity index is 2.50. The van der Waals surface area contributed by atoms with Crippen LogP contribution in [0.25, 0.3) is 10.8 Å². The van der Waals surface area contributed by atoms with Crippen LogP contribution in [0.3, 0.4) is 0 Å². The van der Waals surface area contributed by atoms with Crippen LogP contribution in [-0.2, 0) is 5.04 Å². The molecule has 14 heavy (non-hydrogen) atoms. The highest BCUT2D eigenvalue weighted by Crippen LogP contribution is 2.21. The van der Waals surface area contributed by atoms with Crippen molar-refractivity contribution in [2.45, 2.75) is 6.92 Å². The molecular formula is C11H10O3. The van der Waals surface area contributed by atoms with Gasteiger partial charge in [0.15, 0.2) is 5.75 Å². The zero-order chi connectivity index (χ0) is 9.97. The lowest BCUT2D eigenvalue weighted by Gasteiger charge is -2.02. The lowest BCUT2D eigenvalue weighted by molar-refractivity contribution is -0.438. The van der Waals surface area contributed by atoms with Gasteiger partial charge in [0.1, 0.15) is 0 Å². The van der Waals surface area contributed by atoms with Crippen molar-refractivity contribution in [1.82, 2.24) is 0 Å². The smallest absolute Gasteiger partial charge is 0.169 e. The molecule has 0 unspecified atom stereocenters. The first-order chi connectivity index (χ1) is 6.79. The summed E-state index contributed by atoms with van der Waals surface area (Å²) in [7, 11) is 0. The van der Waals surface area contributed by atoms with Crippen molar-refractivity contribution in [1.29, 1.82) is 0 Å². The summed E-state index contributed by atoms with van der Waals surface area (Å²) in [6.07, 6.45) is 0. The molecule has 2 aromatic rings. The van der Waals surface area contributed by atoms with E-state index in [2.05, 4.69) is 16.0 Å². The molecule has 1 N–H and O–H groups in total.